The van der Waals surface area contributed by atoms with Gasteiger partial charge in [-0.15, -0.1) is 5.10 Å². The van der Waals surface area contributed by atoms with E-state index in [2.05, 4.69) is 20.8 Å². The first-order valence-electron chi connectivity index (χ1n) is 6.59. The summed E-state index contributed by atoms with van der Waals surface area (Å²) in [5.41, 5.74) is -0.677. The van der Waals surface area contributed by atoms with E-state index < -0.39 is 5.54 Å². The number of carbonyl (C=O) groups is 1. The van der Waals surface area contributed by atoms with E-state index in [9.17, 15) is 4.79 Å². The fourth-order valence-electron chi connectivity index (χ4n) is 2.14. The van der Waals surface area contributed by atoms with E-state index in [-0.39, 0.29) is 11.9 Å². The molecule has 0 saturated carbocycles. The van der Waals surface area contributed by atoms with Crippen molar-refractivity contribution in [2.24, 2.45) is 0 Å². The van der Waals surface area contributed by atoms with Gasteiger partial charge in [-0.05, 0) is 27.3 Å². The van der Waals surface area contributed by atoms with Gasteiger partial charge in [0.15, 0.2) is 0 Å². The minimum absolute atomic E-state index is 0.00739. The summed E-state index contributed by atoms with van der Waals surface area (Å²) in [5.74, 6) is 0.511. The van der Waals surface area contributed by atoms with Gasteiger partial charge in [0.25, 0.3) is 0 Å². The number of amides is 1. The van der Waals surface area contributed by atoms with E-state index in [0.717, 1.165) is 6.54 Å². The van der Waals surface area contributed by atoms with Crippen LogP contribution in [0.25, 0.3) is 0 Å². The minimum Gasteiger partial charge on any atom is -0.406 e. The molecule has 1 aromatic rings. The predicted molar refractivity (Wildman–Crippen MR) is 70.8 cm³/mol. The van der Waals surface area contributed by atoms with Crippen LogP contribution in [0, 0.1) is 0 Å². The van der Waals surface area contributed by atoms with Gasteiger partial charge in [0.1, 0.15) is 5.54 Å². The molecular weight excluding hydrogens is 246 g/mol. The highest BCUT2D eigenvalue weighted by Crippen LogP contribution is 2.26. The second-order valence-electron chi connectivity index (χ2n) is 5.17. The lowest BCUT2D eigenvalue weighted by Gasteiger charge is -2.39. The highest BCUT2D eigenvalue weighted by Gasteiger charge is 2.40. The maximum absolute atomic E-state index is 11.9. The van der Waals surface area contributed by atoms with Gasteiger partial charge in [-0.25, -0.2) is 0 Å². The third-order valence-electron chi connectivity index (χ3n) is 3.39. The van der Waals surface area contributed by atoms with Crippen LogP contribution in [0.2, 0.25) is 0 Å². The van der Waals surface area contributed by atoms with E-state index in [1.807, 2.05) is 32.6 Å². The van der Waals surface area contributed by atoms with Crippen molar-refractivity contribution in [1.29, 1.82) is 0 Å². The maximum atomic E-state index is 11.9. The highest BCUT2D eigenvalue weighted by molar-refractivity contribution is 5.89. The summed E-state index contributed by atoms with van der Waals surface area (Å²) in [6.45, 7) is 9.76. The average molecular weight is 267 g/mol. The standard InChI is InChI=1S/C12H21N5O2/c1-5-13-8(2)9-15-16-11(19-9)17-7-6-14-10(18)12(17,3)4/h8,13H,5-7H2,1-4H3,(H,14,18). The molecular formula is C12H21N5O2. The Morgan fingerprint density at radius 1 is 1.53 bits per heavy atom. The number of rotatable bonds is 4. The van der Waals surface area contributed by atoms with Crippen molar-refractivity contribution in [2.75, 3.05) is 24.5 Å². The number of hydrogen-bond acceptors (Lipinski definition) is 6. The second kappa shape index (κ2) is 5.16. The molecule has 7 heteroatoms. The summed E-state index contributed by atoms with van der Waals surface area (Å²) in [5, 5.41) is 14.2. The molecule has 0 aromatic carbocycles. The van der Waals surface area contributed by atoms with Crippen LogP contribution in [-0.2, 0) is 4.79 Å². The summed E-state index contributed by atoms with van der Waals surface area (Å²) < 4.78 is 5.68. The van der Waals surface area contributed by atoms with Gasteiger partial charge in [-0.1, -0.05) is 12.0 Å². The van der Waals surface area contributed by atoms with Crippen LogP contribution >= 0.6 is 0 Å². The SMILES string of the molecule is CCNC(C)c1nnc(N2CCNC(=O)C2(C)C)o1. The Morgan fingerprint density at radius 3 is 2.95 bits per heavy atom. The largest absolute Gasteiger partial charge is 0.406 e. The molecule has 1 aromatic heterocycles. The van der Waals surface area contributed by atoms with Crippen LogP contribution in [0.15, 0.2) is 4.42 Å². The third-order valence-corrected chi connectivity index (χ3v) is 3.39. The molecule has 1 saturated heterocycles. The molecule has 0 radical (unpaired) electrons. The van der Waals surface area contributed by atoms with Crippen LogP contribution in [0.1, 0.15) is 39.6 Å². The first-order valence-corrected chi connectivity index (χ1v) is 6.59. The van der Waals surface area contributed by atoms with Crippen LogP contribution in [-0.4, -0.2) is 41.3 Å². The molecule has 1 aliphatic rings. The van der Waals surface area contributed by atoms with Gasteiger partial charge in [-0.2, -0.15) is 0 Å². The van der Waals surface area contributed by atoms with E-state index >= 15 is 0 Å². The molecule has 1 unspecified atom stereocenters. The average Bonchev–Trinajstić information content (AvgIpc) is 2.82. The van der Waals surface area contributed by atoms with E-state index in [4.69, 9.17) is 4.42 Å². The monoisotopic (exact) mass is 267 g/mol. The lowest BCUT2D eigenvalue weighted by Crippen LogP contribution is -2.62. The Hall–Kier alpha value is -1.63. The summed E-state index contributed by atoms with van der Waals surface area (Å²) in [7, 11) is 0. The smallest absolute Gasteiger partial charge is 0.319 e. The molecule has 1 aliphatic heterocycles. The first-order chi connectivity index (χ1) is 8.96. The fraction of sp³-hybridized carbons (Fsp3) is 0.750. The highest BCUT2D eigenvalue weighted by atomic mass is 16.4. The number of nitrogens with one attached hydrogen (secondary N) is 2. The van der Waals surface area contributed by atoms with Gasteiger partial charge in [0, 0.05) is 13.1 Å². The topological polar surface area (TPSA) is 83.3 Å². The molecule has 0 aliphatic carbocycles. The normalized spacial score (nSPS) is 20.2. The van der Waals surface area contributed by atoms with Gasteiger partial charge in [-0.3, -0.25) is 4.79 Å². The number of piperazine rings is 1. The molecule has 19 heavy (non-hydrogen) atoms. The zero-order valence-electron chi connectivity index (χ0n) is 11.9. The number of hydrogen-bond donors (Lipinski definition) is 2. The first kappa shape index (κ1) is 13.8. The van der Waals surface area contributed by atoms with Gasteiger partial charge < -0.3 is 20.0 Å². The maximum Gasteiger partial charge on any atom is 0.319 e. The van der Waals surface area contributed by atoms with Crippen molar-refractivity contribution < 1.29 is 9.21 Å². The van der Waals surface area contributed by atoms with Crippen molar-refractivity contribution >= 4 is 11.9 Å². The van der Waals surface area contributed by atoms with E-state index in [0.29, 0.717) is 25.0 Å². The van der Waals surface area contributed by atoms with Gasteiger partial charge >= 0.3 is 6.01 Å². The Labute approximate surface area is 112 Å². The number of nitrogens with zero attached hydrogens (tertiary/aromatic N) is 3. The molecule has 106 valence electrons. The quantitative estimate of drug-likeness (QED) is 0.824. The zero-order valence-corrected chi connectivity index (χ0v) is 11.9. The molecule has 0 bridgehead atoms. The lowest BCUT2D eigenvalue weighted by atomic mass is 10.00. The molecule has 1 amide bonds. The van der Waals surface area contributed by atoms with Crippen molar-refractivity contribution in [2.45, 2.75) is 39.3 Å². The molecule has 0 spiro atoms. The number of carbonyl (C=O) groups excluding carboxylic acids is 1. The van der Waals surface area contributed by atoms with Gasteiger partial charge in [0.05, 0.1) is 6.04 Å². The zero-order chi connectivity index (χ0) is 14.0. The van der Waals surface area contributed by atoms with Gasteiger partial charge in [0.2, 0.25) is 11.8 Å². The van der Waals surface area contributed by atoms with Crippen LogP contribution in [0.3, 0.4) is 0 Å². The van der Waals surface area contributed by atoms with Crippen molar-refractivity contribution in [1.82, 2.24) is 20.8 Å². The lowest BCUT2D eigenvalue weighted by molar-refractivity contribution is -0.126. The summed E-state index contributed by atoms with van der Waals surface area (Å²) in [6.07, 6.45) is 0. The van der Waals surface area contributed by atoms with E-state index in [1.54, 1.807) is 0 Å². The molecule has 1 fully saturated rings. The Bertz CT molecular complexity index is 457. The van der Waals surface area contributed by atoms with Crippen molar-refractivity contribution in [3.05, 3.63) is 5.89 Å². The molecule has 1 atom stereocenters. The summed E-state index contributed by atoms with van der Waals surface area (Å²) in [4.78, 5) is 13.7. The van der Waals surface area contributed by atoms with Crippen LogP contribution in [0.5, 0.6) is 0 Å². The van der Waals surface area contributed by atoms with E-state index in [1.165, 1.54) is 0 Å². The molecule has 2 heterocycles. The summed E-state index contributed by atoms with van der Waals surface area (Å²) >= 11 is 0. The predicted octanol–water partition coefficient (Wildman–Crippen LogP) is 0.455. The fourth-order valence-corrected chi connectivity index (χ4v) is 2.14. The summed E-state index contributed by atoms with van der Waals surface area (Å²) in [6, 6.07) is 0.410. The third kappa shape index (κ3) is 2.56. The van der Waals surface area contributed by atoms with Crippen molar-refractivity contribution in [3.63, 3.8) is 0 Å². The molecule has 2 N–H and O–H groups in total. The van der Waals surface area contributed by atoms with Crippen molar-refractivity contribution in [3.8, 4) is 0 Å². The Balaban J connectivity index is 2.20. The Morgan fingerprint density at radius 2 is 2.26 bits per heavy atom. The second-order valence-corrected chi connectivity index (χ2v) is 5.17. The minimum atomic E-state index is -0.677. The number of anilines is 1. The van der Waals surface area contributed by atoms with Crippen LogP contribution in [0.4, 0.5) is 6.01 Å². The molecule has 7 nitrogen and oxygen atoms in total. The van der Waals surface area contributed by atoms with Crippen LogP contribution < -0.4 is 15.5 Å². The Kier molecular flexibility index (Phi) is 3.75. The number of aromatic nitrogens is 2. The molecule has 2 rings (SSSR count).